The number of aryl methyl sites for hydroxylation is 2. The van der Waals surface area contributed by atoms with Crippen LogP contribution in [0.4, 0.5) is 0 Å². The molecule has 0 saturated heterocycles. The Kier molecular flexibility index (Phi) is 5.52. The van der Waals surface area contributed by atoms with Crippen molar-refractivity contribution in [1.82, 2.24) is 14.8 Å². The Balaban J connectivity index is 2.01. The van der Waals surface area contributed by atoms with Gasteiger partial charge in [-0.05, 0) is 25.5 Å². The van der Waals surface area contributed by atoms with Crippen LogP contribution in [0, 0.1) is 13.8 Å². The fourth-order valence-corrected chi connectivity index (χ4v) is 2.77. The number of carbonyl (C=O) groups excluding carboxylic acids is 1. The summed E-state index contributed by atoms with van der Waals surface area (Å²) in [4.78, 5) is 12.3. The van der Waals surface area contributed by atoms with Gasteiger partial charge >= 0.3 is 0 Å². The van der Waals surface area contributed by atoms with Crippen LogP contribution in [0.3, 0.4) is 0 Å². The first kappa shape index (κ1) is 15.7. The summed E-state index contributed by atoms with van der Waals surface area (Å²) in [5.41, 5.74) is 2.88. The van der Waals surface area contributed by atoms with Crippen LogP contribution in [0.1, 0.15) is 21.5 Å². The summed E-state index contributed by atoms with van der Waals surface area (Å²) in [7, 11) is 1.65. The third kappa shape index (κ3) is 4.15. The minimum atomic E-state index is 0.113. The molecule has 0 aliphatic rings. The minimum absolute atomic E-state index is 0.113. The van der Waals surface area contributed by atoms with Crippen molar-refractivity contribution in [2.24, 2.45) is 0 Å². The van der Waals surface area contributed by atoms with Crippen molar-refractivity contribution in [3.8, 4) is 0 Å². The SMILES string of the molecule is COCCn1cnnc1SCC(=O)c1cc(C)ccc1C. The van der Waals surface area contributed by atoms with E-state index in [0.29, 0.717) is 18.9 Å². The van der Waals surface area contributed by atoms with E-state index in [4.69, 9.17) is 4.74 Å². The molecule has 0 unspecified atom stereocenters. The van der Waals surface area contributed by atoms with Gasteiger partial charge in [0, 0.05) is 19.2 Å². The first-order valence-corrected chi connectivity index (χ1v) is 7.70. The third-order valence-electron chi connectivity index (χ3n) is 3.14. The quantitative estimate of drug-likeness (QED) is 0.581. The maximum atomic E-state index is 12.3. The molecule has 5 nitrogen and oxygen atoms in total. The van der Waals surface area contributed by atoms with E-state index < -0.39 is 0 Å². The number of benzene rings is 1. The summed E-state index contributed by atoms with van der Waals surface area (Å²) in [5, 5.41) is 8.67. The third-order valence-corrected chi connectivity index (χ3v) is 4.12. The van der Waals surface area contributed by atoms with Gasteiger partial charge in [0.25, 0.3) is 0 Å². The van der Waals surface area contributed by atoms with Gasteiger partial charge in [0.05, 0.1) is 12.4 Å². The summed E-state index contributed by atoms with van der Waals surface area (Å²) in [6, 6.07) is 5.93. The highest BCUT2D eigenvalue weighted by atomic mass is 32.2. The van der Waals surface area contributed by atoms with E-state index in [1.807, 2.05) is 36.6 Å². The van der Waals surface area contributed by atoms with Crippen LogP contribution in [0.2, 0.25) is 0 Å². The Morgan fingerprint density at radius 2 is 2.19 bits per heavy atom. The predicted molar refractivity (Wildman–Crippen MR) is 82.9 cm³/mol. The van der Waals surface area contributed by atoms with E-state index in [2.05, 4.69) is 10.2 Å². The largest absolute Gasteiger partial charge is 0.383 e. The number of rotatable bonds is 7. The first-order chi connectivity index (χ1) is 10.1. The standard InChI is InChI=1S/C15H19N3O2S/c1-11-4-5-12(2)13(8-11)14(19)9-21-15-17-16-10-18(15)6-7-20-3/h4-5,8,10H,6-7,9H2,1-3H3. The lowest BCUT2D eigenvalue weighted by Crippen LogP contribution is -2.08. The first-order valence-electron chi connectivity index (χ1n) is 6.72. The molecule has 0 fully saturated rings. The van der Waals surface area contributed by atoms with E-state index in [1.165, 1.54) is 11.8 Å². The molecule has 0 spiro atoms. The van der Waals surface area contributed by atoms with E-state index >= 15 is 0 Å². The molecule has 0 aliphatic carbocycles. The summed E-state index contributed by atoms with van der Waals surface area (Å²) in [6.45, 7) is 5.23. The smallest absolute Gasteiger partial charge is 0.191 e. The number of hydrogen-bond donors (Lipinski definition) is 0. The number of carbonyl (C=O) groups is 1. The molecule has 0 N–H and O–H groups in total. The Bertz CT molecular complexity index is 625. The zero-order valence-corrected chi connectivity index (χ0v) is 13.3. The molecule has 112 valence electrons. The normalized spacial score (nSPS) is 10.8. The van der Waals surface area contributed by atoms with Crippen LogP contribution >= 0.6 is 11.8 Å². The monoisotopic (exact) mass is 305 g/mol. The van der Waals surface area contributed by atoms with Crippen molar-refractivity contribution in [2.75, 3.05) is 19.5 Å². The van der Waals surface area contributed by atoms with E-state index in [-0.39, 0.29) is 5.78 Å². The van der Waals surface area contributed by atoms with Crippen LogP contribution in [-0.4, -0.2) is 40.0 Å². The molecule has 0 amide bonds. The average molecular weight is 305 g/mol. The van der Waals surface area contributed by atoms with Crippen molar-refractivity contribution in [3.05, 3.63) is 41.2 Å². The number of nitrogens with zero attached hydrogens (tertiary/aromatic N) is 3. The van der Waals surface area contributed by atoms with Gasteiger partial charge in [0.2, 0.25) is 0 Å². The zero-order chi connectivity index (χ0) is 15.2. The molecule has 0 aliphatic heterocycles. The Morgan fingerprint density at radius 1 is 1.38 bits per heavy atom. The molecule has 0 atom stereocenters. The van der Waals surface area contributed by atoms with Crippen molar-refractivity contribution in [2.45, 2.75) is 25.5 Å². The highest BCUT2D eigenvalue weighted by molar-refractivity contribution is 7.99. The fourth-order valence-electron chi connectivity index (χ4n) is 1.94. The molecule has 2 aromatic rings. The molecule has 1 aromatic carbocycles. The second-order valence-corrected chi connectivity index (χ2v) is 5.77. The number of ketones is 1. The molecular weight excluding hydrogens is 286 g/mol. The van der Waals surface area contributed by atoms with Gasteiger partial charge in [-0.1, -0.05) is 29.5 Å². The molecule has 6 heteroatoms. The second-order valence-electron chi connectivity index (χ2n) is 4.83. The highest BCUT2D eigenvalue weighted by Crippen LogP contribution is 2.19. The number of ether oxygens (including phenoxy) is 1. The maximum absolute atomic E-state index is 12.3. The van der Waals surface area contributed by atoms with Crippen molar-refractivity contribution in [3.63, 3.8) is 0 Å². The molecular formula is C15H19N3O2S. The predicted octanol–water partition coefficient (Wildman–Crippen LogP) is 2.52. The Labute approximate surface area is 128 Å². The van der Waals surface area contributed by atoms with E-state index in [0.717, 1.165) is 21.8 Å². The average Bonchev–Trinajstić information content (AvgIpc) is 2.92. The summed E-state index contributed by atoms with van der Waals surface area (Å²) >= 11 is 1.41. The van der Waals surface area contributed by atoms with Crippen molar-refractivity contribution in [1.29, 1.82) is 0 Å². The topological polar surface area (TPSA) is 57.0 Å². The number of thioether (sulfide) groups is 1. The van der Waals surface area contributed by atoms with Crippen LogP contribution in [-0.2, 0) is 11.3 Å². The summed E-state index contributed by atoms with van der Waals surface area (Å²) in [5.74, 6) is 0.471. The van der Waals surface area contributed by atoms with Crippen molar-refractivity contribution < 1.29 is 9.53 Å². The fraction of sp³-hybridized carbons (Fsp3) is 0.400. The Hall–Kier alpha value is -1.66. The number of methoxy groups -OCH3 is 1. The van der Waals surface area contributed by atoms with Crippen LogP contribution < -0.4 is 0 Å². The van der Waals surface area contributed by atoms with Gasteiger partial charge in [-0.2, -0.15) is 0 Å². The molecule has 2 rings (SSSR count). The lowest BCUT2D eigenvalue weighted by atomic mass is 10.0. The van der Waals surface area contributed by atoms with Gasteiger partial charge in [-0.25, -0.2) is 0 Å². The van der Waals surface area contributed by atoms with Crippen LogP contribution in [0.5, 0.6) is 0 Å². The number of Topliss-reactive ketones (excluding diaryl/α,β-unsaturated/α-hetero) is 1. The summed E-state index contributed by atoms with van der Waals surface area (Å²) in [6.07, 6.45) is 1.66. The Morgan fingerprint density at radius 3 is 2.95 bits per heavy atom. The van der Waals surface area contributed by atoms with Gasteiger partial charge in [0.15, 0.2) is 10.9 Å². The van der Waals surface area contributed by atoms with Crippen LogP contribution in [0.15, 0.2) is 29.7 Å². The second kappa shape index (κ2) is 7.38. The van der Waals surface area contributed by atoms with Crippen molar-refractivity contribution >= 4 is 17.5 Å². The number of hydrogen-bond acceptors (Lipinski definition) is 5. The zero-order valence-electron chi connectivity index (χ0n) is 12.5. The lowest BCUT2D eigenvalue weighted by Gasteiger charge is -2.07. The van der Waals surface area contributed by atoms with Gasteiger partial charge in [-0.15, -0.1) is 10.2 Å². The molecule has 1 aromatic heterocycles. The van der Waals surface area contributed by atoms with Gasteiger partial charge in [-0.3, -0.25) is 4.79 Å². The number of aromatic nitrogens is 3. The van der Waals surface area contributed by atoms with Gasteiger partial charge in [0.1, 0.15) is 6.33 Å². The molecule has 0 bridgehead atoms. The lowest BCUT2D eigenvalue weighted by molar-refractivity contribution is 0.102. The molecule has 0 saturated carbocycles. The maximum Gasteiger partial charge on any atom is 0.191 e. The summed E-state index contributed by atoms with van der Waals surface area (Å²) < 4.78 is 6.93. The van der Waals surface area contributed by atoms with E-state index in [9.17, 15) is 4.79 Å². The minimum Gasteiger partial charge on any atom is -0.383 e. The molecule has 21 heavy (non-hydrogen) atoms. The van der Waals surface area contributed by atoms with Crippen LogP contribution in [0.25, 0.3) is 0 Å². The molecule has 1 heterocycles. The highest BCUT2D eigenvalue weighted by Gasteiger charge is 2.12. The van der Waals surface area contributed by atoms with Gasteiger partial charge < -0.3 is 9.30 Å². The van der Waals surface area contributed by atoms with E-state index in [1.54, 1.807) is 13.4 Å². The molecule has 0 radical (unpaired) electrons.